The number of amides is 1. The van der Waals surface area contributed by atoms with Crippen molar-refractivity contribution in [3.05, 3.63) is 58.7 Å². The van der Waals surface area contributed by atoms with E-state index in [1.54, 1.807) is 37.6 Å². The van der Waals surface area contributed by atoms with Gasteiger partial charge in [0, 0.05) is 11.9 Å². The van der Waals surface area contributed by atoms with E-state index in [4.69, 9.17) is 4.74 Å². The van der Waals surface area contributed by atoms with Gasteiger partial charge in [-0.3, -0.25) is 4.79 Å². The van der Waals surface area contributed by atoms with Crippen molar-refractivity contribution >= 4 is 33.9 Å². The van der Waals surface area contributed by atoms with E-state index in [2.05, 4.69) is 20.6 Å². The fourth-order valence-electron chi connectivity index (χ4n) is 2.24. The highest BCUT2D eigenvalue weighted by atomic mass is 32.1. The number of pyridine rings is 1. The molecule has 0 aliphatic carbocycles. The van der Waals surface area contributed by atoms with Crippen molar-refractivity contribution in [3.63, 3.8) is 0 Å². The van der Waals surface area contributed by atoms with Crippen molar-refractivity contribution in [1.82, 2.24) is 9.97 Å². The van der Waals surface area contributed by atoms with Gasteiger partial charge in [-0.15, -0.1) is 0 Å². The number of aromatic nitrogens is 2. The Hall–Kier alpha value is -2.93. The largest absolute Gasteiger partial charge is 0.497 e. The van der Waals surface area contributed by atoms with Crippen molar-refractivity contribution in [2.75, 3.05) is 17.7 Å². The Morgan fingerprint density at radius 3 is 2.60 bits per heavy atom. The molecule has 0 spiro atoms. The van der Waals surface area contributed by atoms with Gasteiger partial charge in [0.05, 0.1) is 12.8 Å². The van der Waals surface area contributed by atoms with Gasteiger partial charge in [0.25, 0.3) is 5.91 Å². The normalized spacial score (nSPS) is 10.4. The summed E-state index contributed by atoms with van der Waals surface area (Å²) in [6.07, 6.45) is 1.73. The highest BCUT2D eigenvalue weighted by Crippen LogP contribution is 2.26. The maximum absolute atomic E-state index is 12.5. The SMILES string of the molecule is COc1ccc(NC(=O)c2sc(Nc3cc(C)ccn3)nc2C)cc1. The second-order valence-electron chi connectivity index (χ2n) is 5.46. The smallest absolute Gasteiger partial charge is 0.267 e. The average molecular weight is 354 g/mol. The van der Waals surface area contributed by atoms with Crippen LogP contribution >= 0.6 is 11.3 Å². The van der Waals surface area contributed by atoms with E-state index in [9.17, 15) is 4.79 Å². The number of anilines is 3. The predicted octanol–water partition coefficient (Wildman–Crippen LogP) is 4.16. The van der Waals surface area contributed by atoms with Crippen molar-refractivity contribution in [2.24, 2.45) is 0 Å². The lowest BCUT2D eigenvalue weighted by atomic mass is 10.3. The van der Waals surface area contributed by atoms with Gasteiger partial charge >= 0.3 is 0 Å². The van der Waals surface area contributed by atoms with Gasteiger partial charge in [-0.2, -0.15) is 0 Å². The van der Waals surface area contributed by atoms with Crippen molar-refractivity contribution in [1.29, 1.82) is 0 Å². The molecule has 3 rings (SSSR count). The number of aryl methyl sites for hydroxylation is 2. The Morgan fingerprint density at radius 2 is 1.92 bits per heavy atom. The molecule has 2 heterocycles. The van der Waals surface area contributed by atoms with Crippen molar-refractivity contribution < 1.29 is 9.53 Å². The Kier molecular flexibility index (Phi) is 4.95. The van der Waals surface area contributed by atoms with Gasteiger partial charge in [0.2, 0.25) is 0 Å². The van der Waals surface area contributed by atoms with Crippen LogP contribution in [-0.4, -0.2) is 23.0 Å². The molecule has 0 saturated heterocycles. The predicted molar refractivity (Wildman–Crippen MR) is 100 cm³/mol. The van der Waals surface area contributed by atoms with Crippen LogP contribution in [0.25, 0.3) is 0 Å². The molecule has 1 amide bonds. The Labute approximate surface area is 149 Å². The quantitative estimate of drug-likeness (QED) is 0.719. The molecule has 0 unspecified atom stereocenters. The zero-order chi connectivity index (χ0) is 17.8. The lowest BCUT2D eigenvalue weighted by molar-refractivity contribution is 0.103. The standard InChI is InChI=1S/C18H18N4O2S/c1-11-8-9-19-15(10-11)22-18-20-12(2)16(25-18)17(23)21-13-4-6-14(24-3)7-5-13/h4-10H,1-3H3,(H,21,23)(H,19,20,22). The van der Waals surface area contributed by atoms with E-state index in [1.807, 2.05) is 26.0 Å². The monoisotopic (exact) mass is 354 g/mol. The molecule has 0 radical (unpaired) electrons. The van der Waals surface area contributed by atoms with Gasteiger partial charge in [-0.1, -0.05) is 11.3 Å². The molecule has 1 aromatic carbocycles. The third kappa shape index (κ3) is 4.13. The summed E-state index contributed by atoms with van der Waals surface area (Å²) in [6.45, 7) is 3.81. The molecular formula is C18H18N4O2S. The van der Waals surface area contributed by atoms with Crippen molar-refractivity contribution in [3.8, 4) is 5.75 Å². The fraction of sp³-hybridized carbons (Fsp3) is 0.167. The van der Waals surface area contributed by atoms with E-state index < -0.39 is 0 Å². The van der Waals surface area contributed by atoms with E-state index in [0.717, 1.165) is 11.3 Å². The minimum absolute atomic E-state index is 0.189. The van der Waals surface area contributed by atoms with Crippen LogP contribution in [0, 0.1) is 13.8 Å². The highest BCUT2D eigenvalue weighted by Gasteiger charge is 2.16. The number of carbonyl (C=O) groups is 1. The molecule has 0 bridgehead atoms. The van der Waals surface area contributed by atoms with Crippen LogP contribution in [0.2, 0.25) is 0 Å². The van der Waals surface area contributed by atoms with Gasteiger partial charge < -0.3 is 15.4 Å². The molecule has 0 fully saturated rings. The van der Waals surface area contributed by atoms with Gasteiger partial charge in [-0.25, -0.2) is 9.97 Å². The molecule has 2 N–H and O–H groups in total. The summed E-state index contributed by atoms with van der Waals surface area (Å²) < 4.78 is 5.11. The molecule has 3 aromatic rings. The first-order valence-corrected chi connectivity index (χ1v) is 8.49. The van der Waals surface area contributed by atoms with Crippen LogP contribution in [0.15, 0.2) is 42.6 Å². The Bertz CT molecular complexity index is 890. The molecular weight excluding hydrogens is 336 g/mol. The molecule has 0 saturated carbocycles. The summed E-state index contributed by atoms with van der Waals surface area (Å²) in [4.78, 5) is 21.7. The summed E-state index contributed by atoms with van der Waals surface area (Å²) >= 11 is 1.30. The summed E-state index contributed by atoms with van der Waals surface area (Å²) in [5.41, 5.74) is 2.47. The number of hydrogen-bond donors (Lipinski definition) is 2. The number of methoxy groups -OCH3 is 1. The van der Waals surface area contributed by atoms with E-state index in [1.165, 1.54) is 11.3 Å². The number of thiazole rings is 1. The molecule has 7 heteroatoms. The van der Waals surface area contributed by atoms with Crippen molar-refractivity contribution in [2.45, 2.75) is 13.8 Å². The summed E-state index contributed by atoms with van der Waals surface area (Å²) in [7, 11) is 1.60. The molecule has 6 nitrogen and oxygen atoms in total. The Morgan fingerprint density at radius 1 is 1.16 bits per heavy atom. The van der Waals surface area contributed by atoms with Crippen LogP contribution in [0.4, 0.5) is 16.6 Å². The highest BCUT2D eigenvalue weighted by molar-refractivity contribution is 7.17. The van der Waals surface area contributed by atoms with Crippen LogP contribution in [0.3, 0.4) is 0 Å². The first-order chi connectivity index (χ1) is 12.0. The topological polar surface area (TPSA) is 76.1 Å². The summed E-state index contributed by atoms with van der Waals surface area (Å²) in [5, 5.41) is 6.64. The number of benzene rings is 1. The number of nitrogens with one attached hydrogen (secondary N) is 2. The van der Waals surface area contributed by atoms with Crippen LogP contribution < -0.4 is 15.4 Å². The minimum Gasteiger partial charge on any atom is -0.497 e. The minimum atomic E-state index is -0.189. The number of ether oxygens (including phenoxy) is 1. The zero-order valence-electron chi connectivity index (χ0n) is 14.2. The second-order valence-corrected chi connectivity index (χ2v) is 6.46. The second kappa shape index (κ2) is 7.31. The first-order valence-electron chi connectivity index (χ1n) is 7.67. The average Bonchev–Trinajstić information content (AvgIpc) is 2.96. The molecule has 0 aliphatic rings. The first kappa shape index (κ1) is 16.9. The molecule has 25 heavy (non-hydrogen) atoms. The molecule has 0 atom stereocenters. The molecule has 0 aliphatic heterocycles. The zero-order valence-corrected chi connectivity index (χ0v) is 15.0. The van der Waals surface area contributed by atoms with Gasteiger partial charge in [0.15, 0.2) is 5.13 Å². The molecule has 2 aromatic heterocycles. The number of rotatable bonds is 5. The lowest BCUT2D eigenvalue weighted by Gasteiger charge is -2.05. The van der Waals surface area contributed by atoms with E-state index >= 15 is 0 Å². The van der Waals surface area contributed by atoms with Gasteiger partial charge in [0.1, 0.15) is 16.4 Å². The fourth-order valence-corrected chi connectivity index (χ4v) is 3.11. The van der Waals surface area contributed by atoms with E-state index in [-0.39, 0.29) is 5.91 Å². The molecule has 128 valence electrons. The Balaban J connectivity index is 1.73. The number of carbonyl (C=O) groups excluding carboxylic acids is 1. The number of nitrogens with zero attached hydrogens (tertiary/aromatic N) is 2. The maximum Gasteiger partial charge on any atom is 0.267 e. The van der Waals surface area contributed by atoms with Gasteiger partial charge in [-0.05, 0) is 55.8 Å². The third-order valence-corrected chi connectivity index (χ3v) is 4.57. The summed E-state index contributed by atoms with van der Waals surface area (Å²) in [5.74, 6) is 1.25. The summed E-state index contributed by atoms with van der Waals surface area (Å²) in [6, 6.07) is 11.0. The van der Waals surface area contributed by atoms with Crippen LogP contribution in [0.1, 0.15) is 20.9 Å². The van der Waals surface area contributed by atoms with E-state index in [0.29, 0.717) is 27.2 Å². The lowest BCUT2D eigenvalue weighted by Crippen LogP contribution is -2.11. The maximum atomic E-state index is 12.5. The van der Waals surface area contributed by atoms with Crippen LogP contribution in [-0.2, 0) is 0 Å². The third-order valence-electron chi connectivity index (χ3n) is 3.50. The number of hydrogen-bond acceptors (Lipinski definition) is 6. The van der Waals surface area contributed by atoms with Crippen LogP contribution in [0.5, 0.6) is 5.75 Å².